The average Bonchev–Trinajstić information content (AvgIpc) is 2.54. The van der Waals surface area contributed by atoms with Crippen molar-refractivity contribution in [3.8, 4) is 0 Å². The molecule has 0 aliphatic carbocycles. The zero-order chi connectivity index (χ0) is 17.7. The van der Waals surface area contributed by atoms with E-state index < -0.39 is 17.9 Å². The van der Waals surface area contributed by atoms with Crippen LogP contribution < -0.4 is 10.9 Å². The molecule has 0 radical (unpaired) electrons. The van der Waals surface area contributed by atoms with Crippen molar-refractivity contribution in [2.75, 3.05) is 0 Å². The van der Waals surface area contributed by atoms with E-state index in [0.717, 1.165) is 0 Å². The molecule has 2 aromatic rings. The van der Waals surface area contributed by atoms with E-state index in [2.05, 4.69) is 26.2 Å². The minimum absolute atomic E-state index is 0.0514. The molecule has 0 saturated heterocycles. The van der Waals surface area contributed by atoms with Crippen molar-refractivity contribution in [3.63, 3.8) is 0 Å². The molecule has 1 unspecified atom stereocenters. The van der Waals surface area contributed by atoms with Crippen molar-refractivity contribution < 1.29 is 14.7 Å². The van der Waals surface area contributed by atoms with Gasteiger partial charge in [0.2, 0.25) is 5.91 Å². The molecule has 0 saturated carbocycles. The summed E-state index contributed by atoms with van der Waals surface area (Å²) in [5, 5.41) is 12.2. The molecule has 2 N–H and O–H groups in total. The Morgan fingerprint density at radius 1 is 1.38 bits per heavy atom. The number of aromatic nitrogens is 2. The first-order valence-electron chi connectivity index (χ1n) is 6.86. The molecule has 7 nitrogen and oxygen atoms in total. The summed E-state index contributed by atoms with van der Waals surface area (Å²) < 4.78 is 1.80. The molecule has 1 aromatic carbocycles. The van der Waals surface area contributed by atoms with Crippen LogP contribution in [0.15, 0.2) is 46.1 Å². The molecule has 1 heterocycles. The van der Waals surface area contributed by atoms with Crippen LogP contribution in [0.5, 0.6) is 0 Å². The smallest absolute Gasteiger partial charge is 0.330 e. The summed E-state index contributed by atoms with van der Waals surface area (Å²) >= 11 is 9.10. The van der Waals surface area contributed by atoms with E-state index in [-0.39, 0.29) is 18.5 Å². The van der Waals surface area contributed by atoms with E-state index in [1.54, 1.807) is 0 Å². The predicted molar refractivity (Wildman–Crippen MR) is 90.8 cm³/mol. The van der Waals surface area contributed by atoms with E-state index in [4.69, 9.17) is 11.6 Å². The van der Waals surface area contributed by atoms with Gasteiger partial charge in [-0.05, 0) is 33.6 Å². The van der Waals surface area contributed by atoms with E-state index in [9.17, 15) is 19.5 Å². The second-order valence-electron chi connectivity index (χ2n) is 4.87. The molecule has 0 aliphatic rings. The third-order valence-corrected chi connectivity index (χ3v) is 4.42. The number of aliphatic carboxylic acids is 1. The normalized spacial score (nSPS) is 11.8. The molecule has 1 aromatic heterocycles. The van der Waals surface area contributed by atoms with Gasteiger partial charge in [-0.15, -0.1) is 0 Å². The second kappa shape index (κ2) is 8.07. The molecule has 9 heteroatoms. The van der Waals surface area contributed by atoms with E-state index in [1.807, 2.05) is 0 Å². The summed E-state index contributed by atoms with van der Waals surface area (Å²) in [5.41, 5.74) is 0.0971. The fourth-order valence-corrected chi connectivity index (χ4v) is 2.50. The Balaban J connectivity index is 2.06. The van der Waals surface area contributed by atoms with Gasteiger partial charge in [0.15, 0.2) is 6.04 Å². The lowest BCUT2D eigenvalue weighted by atomic mass is 10.1. The van der Waals surface area contributed by atoms with Crippen LogP contribution in [0.1, 0.15) is 18.0 Å². The maximum Gasteiger partial charge on any atom is 0.330 e. The number of nitrogens with zero attached hydrogens (tertiary/aromatic N) is 2. The number of amides is 1. The predicted octanol–water partition coefficient (Wildman–Crippen LogP) is 1.99. The highest BCUT2D eigenvalue weighted by Gasteiger charge is 2.22. The summed E-state index contributed by atoms with van der Waals surface area (Å²) in [7, 11) is 0. The van der Waals surface area contributed by atoms with Gasteiger partial charge < -0.3 is 10.4 Å². The van der Waals surface area contributed by atoms with Crippen LogP contribution in [0.25, 0.3) is 0 Å². The number of halogens is 2. The summed E-state index contributed by atoms with van der Waals surface area (Å²) in [6.45, 7) is 0.106. The maximum absolute atomic E-state index is 12.0. The van der Waals surface area contributed by atoms with Crippen molar-refractivity contribution in [2.45, 2.75) is 19.0 Å². The summed E-state index contributed by atoms with van der Waals surface area (Å²) in [4.78, 5) is 38.8. The van der Waals surface area contributed by atoms with Gasteiger partial charge in [0.1, 0.15) is 0 Å². The lowest BCUT2D eigenvalue weighted by Gasteiger charge is -2.16. The number of aryl methyl sites for hydroxylation is 1. The molecule has 126 valence electrons. The summed E-state index contributed by atoms with van der Waals surface area (Å²) in [6, 6.07) is 4.67. The molecule has 0 aliphatic heterocycles. The number of carboxylic acids is 1. The molecule has 1 atom stereocenters. The van der Waals surface area contributed by atoms with Crippen molar-refractivity contribution in [1.29, 1.82) is 0 Å². The zero-order valence-corrected chi connectivity index (χ0v) is 14.6. The number of carbonyl (C=O) groups excluding carboxylic acids is 1. The van der Waals surface area contributed by atoms with Crippen LogP contribution in [0, 0.1) is 0 Å². The van der Waals surface area contributed by atoms with Crippen molar-refractivity contribution in [2.24, 2.45) is 0 Å². The molecular formula is C15H13BrClN3O4. The van der Waals surface area contributed by atoms with Crippen molar-refractivity contribution in [3.05, 3.63) is 62.2 Å². The Morgan fingerprint density at radius 3 is 2.75 bits per heavy atom. The van der Waals surface area contributed by atoms with Gasteiger partial charge >= 0.3 is 5.97 Å². The Morgan fingerprint density at radius 2 is 2.12 bits per heavy atom. The standard InChI is InChI=1S/C15H13BrClN3O4/c16-10-7-9(1-2-11(10)17)14(15(23)24)19-12(21)4-6-20-8-18-5-3-13(20)22/h1-3,5,7-8,14H,4,6H2,(H,19,21)(H,23,24). The maximum atomic E-state index is 12.0. The van der Waals surface area contributed by atoms with Crippen LogP contribution in [0.4, 0.5) is 0 Å². The Labute approximate surface area is 150 Å². The monoisotopic (exact) mass is 413 g/mol. The minimum atomic E-state index is -1.21. The third kappa shape index (κ3) is 4.65. The summed E-state index contributed by atoms with van der Waals surface area (Å²) in [6.07, 6.45) is 2.63. The lowest BCUT2D eigenvalue weighted by molar-refractivity contribution is -0.142. The largest absolute Gasteiger partial charge is 0.479 e. The molecule has 0 spiro atoms. The quantitative estimate of drug-likeness (QED) is 0.753. The molecule has 0 bridgehead atoms. The lowest BCUT2D eigenvalue weighted by Crippen LogP contribution is -2.34. The van der Waals surface area contributed by atoms with E-state index in [0.29, 0.717) is 15.1 Å². The van der Waals surface area contributed by atoms with Gasteiger partial charge in [0.05, 0.1) is 11.3 Å². The van der Waals surface area contributed by atoms with Crippen LogP contribution >= 0.6 is 27.5 Å². The highest BCUT2D eigenvalue weighted by molar-refractivity contribution is 9.10. The van der Waals surface area contributed by atoms with Crippen LogP contribution in [-0.4, -0.2) is 26.5 Å². The van der Waals surface area contributed by atoms with Crippen molar-refractivity contribution in [1.82, 2.24) is 14.9 Å². The number of carboxylic acid groups (broad SMARTS) is 1. The molecule has 0 fully saturated rings. The third-order valence-electron chi connectivity index (χ3n) is 3.20. The Kier molecular flexibility index (Phi) is 6.10. The van der Waals surface area contributed by atoms with Crippen LogP contribution in [0.3, 0.4) is 0 Å². The first-order valence-corrected chi connectivity index (χ1v) is 8.03. The van der Waals surface area contributed by atoms with Gasteiger partial charge in [0.25, 0.3) is 5.56 Å². The molecular weight excluding hydrogens is 402 g/mol. The molecule has 24 heavy (non-hydrogen) atoms. The Bertz CT molecular complexity index is 824. The number of hydrogen-bond acceptors (Lipinski definition) is 4. The number of benzene rings is 1. The van der Waals surface area contributed by atoms with Gasteiger partial charge in [-0.1, -0.05) is 17.7 Å². The zero-order valence-electron chi connectivity index (χ0n) is 12.3. The first kappa shape index (κ1) is 18.2. The van der Waals surface area contributed by atoms with Gasteiger partial charge in [-0.2, -0.15) is 0 Å². The number of rotatable bonds is 6. The molecule has 1 amide bonds. The minimum Gasteiger partial charge on any atom is -0.479 e. The van der Waals surface area contributed by atoms with E-state index in [1.165, 1.54) is 41.4 Å². The summed E-state index contributed by atoms with van der Waals surface area (Å²) in [5.74, 6) is -1.69. The van der Waals surface area contributed by atoms with E-state index >= 15 is 0 Å². The average molecular weight is 415 g/mol. The second-order valence-corrected chi connectivity index (χ2v) is 6.14. The first-order chi connectivity index (χ1) is 11.4. The van der Waals surface area contributed by atoms with Gasteiger partial charge in [-0.25, -0.2) is 9.78 Å². The van der Waals surface area contributed by atoms with Gasteiger partial charge in [-0.3, -0.25) is 14.2 Å². The van der Waals surface area contributed by atoms with Gasteiger partial charge in [0, 0.05) is 29.7 Å². The highest BCUT2D eigenvalue weighted by atomic mass is 79.9. The highest BCUT2D eigenvalue weighted by Crippen LogP contribution is 2.26. The van der Waals surface area contributed by atoms with Crippen molar-refractivity contribution >= 4 is 39.4 Å². The number of carbonyl (C=O) groups is 2. The van der Waals surface area contributed by atoms with Crippen LogP contribution in [-0.2, 0) is 16.1 Å². The SMILES string of the molecule is O=C(CCn1cnccc1=O)NC(C(=O)O)c1ccc(Cl)c(Br)c1. The fraction of sp³-hybridized carbons (Fsp3) is 0.200. The topological polar surface area (TPSA) is 101 Å². The number of hydrogen-bond donors (Lipinski definition) is 2. The Hall–Kier alpha value is -2.19. The fourth-order valence-electron chi connectivity index (χ4n) is 1.98. The van der Waals surface area contributed by atoms with Crippen LogP contribution in [0.2, 0.25) is 5.02 Å². The number of nitrogens with one attached hydrogen (secondary N) is 1. The molecule has 2 rings (SSSR count).